The van der Waals surface area contributed by atoms with E-state index in [0.717, 1.165) is 34.1 Å². The number of aryl methyl sites for hydroxylation is 1. The van der Waals surface area contributed by atoms with Crippen LogP contribution in [0.2, 0.25) is 0 Å². The molecule has 1 N–H and O–H groups in total. The largest absolute Gasteiger partial charge is 0.387 e. The highest BCUT2D eigenvalue weighted by molar-refractivity contribution is 9.10. The highest BCUT2D eigenvalue weighted by Crippen LogP contribution is 2.32. The van der Waals surface area contributed by atoms with Crippen LogP contribution in [0.4, 0.5) is 10.1 Å². The number of benzene rings is 1. The third-order valence-corrected chi connectivity index (χ3v) is 3.35. The average molecular weight is 297 g/mol. The minimum absolute atomic E-state index is 0.280. The van der Waals surface area contributed by atoms with Gasteiger partial charge in [0.1, 0.15) is 11.3 Å². The van der Waals surface area contributed by atoms with Crippen LogP contribution in [0.15, 0.2) is 22.7 Å². The van der Waals surface area contributed by atoms with Gasteiger partial charge in [-0.05, 0) is 24.6 Å². The van der Waals surface area contributed by atoms with Crippen molar-refractivity contribution in [2.75, 3.05) is 12.4 Å². The van der Waals surface area contributed by atoms with Crippen molar-refractivity contribution in [3.63, 3.8) is 0 Å². The van der Waals surface area contributed by atoms with E-state index in [1.807, 2.05) is 13.1 Å². The van der Waals surface area contributed by atoms with Gasteiger partial charge < -0.3 is 5.32 Å². The summed E-state index contributed by atoms with van der Waals surface area (Å²) in [7, 11) is 1.84. The number of nitrogens with zero attached hydrogens (tertiary/aromatic N) is 1. The Balaban J connectivity index is 2.77. The standard InChI is InChI=1S/C13H14BrFN2/c1-3-4-8-7-11(16-2)12-9(14)5-6-10(15)13(12)17-8/h5-7H,3-4H2,1-2H3,(H,16,17). The van der Waals surface area contributed by atoms with Crippen LogP contribution in [-0.2, 0) is 6.42 Å². The maximum absolute atomic E-state index is 13.8. The van der Waals surface area contributed by atoms with Crippen LogP contribution >= 0.6 is 15.9 Å². The minimum Gasteiger partial charge on any atom is -0.387 e. The smallest absolute Gasteiger partial charge is 0.149 e. The van der Waals surface area contributed by atoms with Crippen molar-refractivity contribution in [2.45, 2.75) is 19.8 Å². The number of anilines is 1. The fraction of sp³-hybridized carbons (Fsp3) is 0.308. The van der Waals surface area contributed by atoms with E-state index in [1.54, 1.807) is 6.07 Å². The van der Waals surface area contributed by atoms with E-state index in [2.05, 4.69) is 33.2 Å². The molecule has 2 nitrogen and oxygen atoms in total. The van der Waals surface area contributed by atoms with E-state index in [4.69, 9.17) is 0 Å². The summed E-state index contributed by atoms with van der Waals surface area (Å²) in [4.78, 5) is 4.39. The summed E-state index contributed by atoms with van der Waals surface area (Å²) in [6.07, 6.45) is 1.86. The Morgan fingerprint density at radius 3 is 2.82 bits per heavy atom. The molecule has 17 heavy (non-hydrogen) atoms. The summed E-state index contributed by atoms with van der Waals surface area (Å²) in [6, 6.07) is 5.13. The Hall–Kier alpha value is -1.16. The molecule has 0 aliphatic heterocycles. The zero-order valence-electron chi connectivity index (χ0n) is 9.85. The first kappa shape index (κ1) is 12.3. The molecule has 90 valence electrons. The van der Waals surface area contributed by atoms with Crippen molar-refractivity contribution in [3.05, 3.63) is 34.2 Å². The first-order chi connectivity index (χ1) is 8.17. The van der Waals surface area contributed by atoms with Gasteiger partial charge in [-0.1, -0.05) is 29.3 Å². The molecule has 4 heteroatoms. The number of hydrogen-bond donors (Lipinski definition) is 1. The highest BCUT2D eigenvalue weighted by Gasteiger charge is 2.11. The predicted molar refractivity (Wildman–Crippen MR) is 72.9 cm³/mol. The van der Waals surface area contributed by atoms with E-state index < -0.39 is 0 Å². The molecule has 0 spiro atoms. The quantitative estimate of drug-likeness (QED) is 0.921. The lowest BCUT2D eigenvalue weighted by Crippen LogP contribution is -1.98. The predicted octanol–water partition coefficient (Wildman–Crippen LogP) is 4.13. The molecule has 0 atom stereocenters. The van der Waals surface area contributed by atoms with Gasteiger partial charge in [0.2, 0.25) is 0 Å². The Bertz CT molecular complexity index is 555. The Kier molecular flexibility index (Phi) is 3.62. The fourth-order valence-electron chi connectivity index (χ4n) is 1.90. The number of aromatic nitrogens is 1. The molecular weight excluding hydrogens is 283 g/mol. The van der Waals surface area contributed by atoms with Gasteiger partial charge in [0.15, 0.2) is 0 Å². The van der Waals surface area contributed by atoms with E-state index >= 15 is 0 Å². The molecule has 0 radical (unpaired) electrons. The molecule has 1 heterocycles. The van der Waals surface area contributed by atoms with Crippen LogP contribution in [0.3, 0.4) is 0 Å². The van der Waals surface area contributed by atoms with Crippen molar-refractivity contribution in [1.82, 2.24) is 4.98 Å². The van der Waals surface area contributed by atoms with Gasteiger partial charge in [-0.25, -0.2) is 9.37 Å². The molecule has 0 unspecified atom stereocenters. The number of hydrogen-bond acceptors (Lipinski definition) is 2. The van der Waals surface area contributed by atoms with Crippen molar-refractivity contribution < 1.29 is 4.39 Å². The lowest BCUT2D eigenvalue weighted by Gasteiger charge is -2.10. The molecular formula is C13H14BrFN2. The molecule has 0 saturated carbocycles. The molecule has 0 aliphatic carbocycles. The summed E-state index contributed by atoms with van der Waals surface area (Å²) < 4.78 is 14.6. The van der Waals surface area contributed by atoms with Gasteiger partial charge in [-0.3, -0.25) is 0 Å². The zero-order valence-corrected chi connectivity index (χ0v) is 11.4. The number of fused-ring (bicyclic) bond motifs is 1. The van der Waals surface area contributed by atoms with E-state index in [9.17, 15) is 4.39 Å². The summed E-state index contributed by atoms with van der Waals surface area (Å²) in [6.45, 7) is 2.09. The molecule has 2 rings (SSSR count). The molecule has 1 aromatic carbocycles. The van der Waals surface area contributed by atoms with Crippen molar-refractivity contribution in [2.24, 2.45) is 0 Å². The van der Waals surface area contributed by atoms with Gasteiger partial charge >= 0.3 is 0 Å². The topological polar surface area (TPSA) is 24.9 Å². The SMILES string of the molecule is CCCc1cc(NC)c2c(Br)ccc(F)c2n1. The maximum atomic E-state index is 13.8. The number of nitrogens with one attached hydrogen (secondary N) is 1. The van der Waals surface area contributed by atoms with Crippen molar-refractivity contribution in [1.29, 1.82) is 0 Å². The second-order valence-electron chi connectivity index (χ2n) is 3.91. The van der Waals surface area contributed by atoms with Gasteiger partial charge in [-0.2, -0.15) is 0 Å². The third-order valence-electron chi connectivity index (χ3n) is 2.69. The van der Waals surface area contributed by atoms with Crippen LogP contribution in [0.5, 0.6) is 0 Å². The van der Waals surface area contributed by atoms with E-state index in [0.29, 0.717) is 5.52 Å². The Morgan fingerprint density at radius 2 is 2.18 bits per heavy atom. The molecule has 0 bridgehead atoms. The fourth-order valence-corrected chi connectivity index (χ4v) is 2.44. The monoisotopic (exact) mass is 296 g/mol. The number of pyridine rings is 1. The molecule has 0 fully saturated rings. The highest BCUT2D eigenvalue weighted by atomic mass is 79.9. The molecule has 1 aromatic heterocycles. The molecule has 0 aliphatic rings. The van der Waals surface area contributed by atoms with E-state index in [1.165, 1.54) is 6.07 Å². The second kappa shape index (κ2) is 5.00. The molecule has 0 saturated heterocycles. The first-order valence-electron chi connectivity index (χ1n) is 5.62. The number of halogens is 2. The van der Waals surface area contributed by atoms with Crippen molar-refractivity contribution >= 4 is 32.5 Å². The maximum Gasteiger partial charge on any atom is 0.149 e. The number of rotatable bonds is 3. The summed E-state index contributed by atoms with van der Waals surface area (Å²) in [5.74, 6) is -0.280. The van der Waals surface area contributed by atoms with Gasteiger partial charge in [0.25, 0.3) is 0 Å². The molecule has 2 aromatic rings. The van der Waals surface area contributed by atoms with Crippen LogP contribution < -0.4 is 5.32 Å². The van der Waals surface area contributed by atoms with Crippen LogP contribution in [0.25, 0.3) is 10.9 Å². The summed E-state index contributed by atoms with van der Waals surface area (Å²) >= 11 is 3.44. The first-order valence-corrected chi connectivity index (χ1v) is 6.42. The normalized spacial score (nSPS) is 10.8. The van der Waals surface area contributed by atoms with Gasteiger partial charge in [0, 0.05) is 28.3 Å². The minimum atomic E-state index is -0.280. The lowest BCUT2D eigenvalue weighted by molar-refractivity contribution is 0.636. The molecule has 0 amide bonds. The van der Waals surface area contributed by atoms with Crippen LogP contribution in [0, 0.1) is 5.82 Å². The van der Waals surface area contributed by atoms with Gasteiger partial charge in [-0.15, -0.1) is 0 Å². The third kappa shape index (κ3) is 2.27. The second-order valence-corrected chi connectivity index (χ2v) is 4.77. The zero-order chi connectivity index (χ0) is 12.4. The Labute approximate surface area is 108 Å². The summed E-state index contributed by atoms with van der Waals surface area (Å²) in [5, 5.41) is 3.90. The van der Waals surface area contributed by atoms with Crippen molar-refractivity contribution in [3.8, 4) is 0 Å². The van der Waals surface area contributed by atoms with Gasteiger partial charge in [0.05, 0.1) is 0 Å². The lowest BCUT2D eigenvalue weighted by atomic mass is 10.1. The Morgan fingerprint density at radius 1 is 1.41 bits per heavy atom. The summed E-state index contributed by atoms with van der Waals surface area (Å²) in [5.41, 5.74) is 2.25. The van der Waals surface area contributed by atoms with Crippen LogP contribution in [-0.4, -0.2) is 12.0 Å². The van der Waals surface area contributed by atoms with E-state index in [-0.39, 0.29) is 5.82 Å². The average Bonchev–Trinajstić information content (AvgIpc) is 2.33. The van der Waals surface area contributed by atoms with Crippen LogP contribution in [0.1, 0.15) is 19.0 Å².